The summed E-state index contributed by atoms with van der Waals surface area (Å²) in [7, 11) is 0. The highest BCUT2D eigenvalue weighted by atomic mass is 16.5. The Morgan fingerprint density at radius 1 is 1.07 bits per heavy atom. The molecule has 0 saturated carbocycles. The first-order valence-corrected chi connectivity index (χ1v) is 9.31. The Kier molecular flexibility index (Phi) is 5.99. The van der Waals surface area contributed by atoms with E-state index in [2.05, 4.69) is 10.6 Å². The largest absolute Gasteiger partial charge is 0.494 e. The summed E-state index contributed by atoms with van der Waals surface area (Å²) in [6.45, 7) is 5.94. The van der Waals surface area contributed by atoms with Gasteiger partial charge in [0.25, 0.3) is 0 Å². The summed E-state index contributed by atoms with van der Waals surface area (Å²) in [6.07, 6.45) is -0.294. The fourth-order valence-electron chi connectivity index (χ4n) is 3.13. The third-order valence-electron chi connectivity index (χ3n) is 4.23. The van der Waals surface area contributed by atoms with Gasteiger partial charge in [0.2, 0.25) is 0 Å². The van der Waals surface area contributed by atoms with Crippen LogP contribution in [0.4, 0.5) is 4.79 Å². The van der Waals surface area contributed by atoms with E-state index in [0.29, 0.717) is 29.2 Å². The number of hydrogen-bond donors (Lipinski definition) is 2. The highest BCUT2D eigenvalue weighted by Crippen LogP contribution is 2.36. The quantitative estimate of drug-likeness (QED) is 0.748. The van der Waals surface area contributed by atoms with E-state index in [1.807, 2.05) is 61.5 Å². The minimum Gasteiger partial charge on any atom is -0.494 e. The summed E-state index contributed by atoms with van der Waals surface area (Å²) in [5.74, 6) is 0.122. The molecule has 6 heteroatoms. The predicted octanol–water partition coefficient (Wildman–Crippen LogP) is 3.80. The fourth-order valence-corrected chi connectivity index (χ4v) is 3.13. The van der Waals surface area contributed by atoms with Gasteiger partial charge in [-0.15, -0.1) is 0 Å². The van der Waals surface area contributed by atoms with Crippen LogP contribution < -0.4 is 15.4 Å². The molecule has 1 atom stereocenters. The number of para-hydroxylation sites is 1. The maximum atomic E-state index is 13.0. The lowest BCUT2D eigenvalue weighted by atomic mass is 9.92. The van der Waals surface area contributed by atoms with Crippen molar-refractivity contribution in [2.75, 3.05) is 6.61 Å². The first-order chi connectivity index (χ1) is 13.5. The van der Waals surface area contributed by atoms with E-state index in [1.165, 1.54) is 0 Å². The van der Waals surface area contributed by atoms with E-state index in [0.717, 1.165) is 5.56 Å². The number of urea groups is 1. The molecule has 0 radical (unpaired) electrons. The molecule has 0 bridgehead atoms. The number of esters is 1. The molecule has 0 aliphatic carbocycles. The van der Waals surface area contributed by atoms with Gasteiger partial charge in [0, 0.05) is 5.56 Å². The van der Waals surface area contributed by atoms with Crippen LogP contribution in [0.15, 0.2) is 60.2 Å². The molecule has 2 amide bonds. The van der Waals surface area contributed by atoms with Crippen LogP contribution in [0.2, 0.25) is 0 Å². The average Bonchev–Trinajstić information content (AvgIpc) is 2.68. The van der Waals surface area contributed by atoms with Gasteiger partial charge in [0.05, 0.1) is 30.0 Å². The average molecular weight is 380 g/mol. The van der Waals surface area contributed by atoms with Crippen molar-refractivity contribution in [2.45, 2.75) is 32.9 Å². The lowest BCUT2D eigenvalue weighted by Gasteiger charge is -2.30. The van der Waals surface area contributed by atoms with Gasteiger partial charge in [-0.3, -0.25) is 0 Å². The van der Waals surface area contributed by atoms with Gasteiger partial charge >= 0.3 is 12.0 Å². The van der Waals surface area contributed by atoms with Gasteiger partial charge in [0.1, 0.15) is 5.75 Å². The van der Waals surface area contributed by atoms with Crippen molar-refractivity contribution in [1.29, 1.82) is 0 Å². The first kappa shape index (κ1) is 19.5. The monoisotopic (exact) mass is 380 g/mol. The topological polar surface area (TPSA) is 76.7 Å². The van der Waals surface area contributed by atoms with Crippen molar-refractivity contribution in [3.63, 3.8) is 0 Å². The van der Waals surface area contributed by atoms with E-state index >= 15 is 0 Å². The van der Waals surface area contributed by atoms with Crippen molar-refractivity contribution >= 4 is 17.7 Å². The summed E-state index contributed by atoms with van der Waals surface area (Å²) < 4.78 is 11.2. The molecule has 1 heterocycles. The van der Waals surface area contributed by atoms with E-state index in [1.54, 1.807) is 13.8 Å². The molecule has 0 fully saturated rings. The van der Waals surface area contributed by atoms with Gasteiger partial charge in [0.15, 0.2) is 0 Å². The van der Waals surface area contributed by atoms with Crippen LogP contribution in [0.25, 0.3) is 5.70 Å². The molecule has 28 heavy (non-hydrogen) atoms. The fraction of sp³-hybridized carbons (Fsp3) is 0.273. The molecule has 1 aliphatic heterocycles. The van der Waals surface area contributed by atoms with Gasteiger partial charge < -0.3 is 20.1 Å². The molecular formula is C22H24N2O4. The Hall–Kier alpha value is -3.28. The first-order valence-electron chi connectivity index (χ1n) is 9.31. The number of rotatable bonds is 6. The number of amides is 2. The zero-order valence-electron chi connectivity index (χ0n) is 16.2. The molecule has 0 spiro atoms. The smallest absolute Gasteiger partial charge is 0.338 e. The molecule has 6 nitrogen and oxygen atoms in total. The van der Waals surface area contributed by atoms with Crippen LogP contribution in [-0.2, 0) is 9.53 Å². The van der Waals surface area contributed by atoms with Crippen LogP contribution in [0, 0.1) is 0 Å². The minimum absolute atomic E-state index is 0.294. The minimum atomic E-state index is -0.696. The molecule has 1 unspecified atom stereocenters. The zero-order chi connectivity index (χ0) is 20.1. The van der Waals surface area contributed by atoms with E-state index in [-0.39, 0.29) is 6.10 Å². The second-order valence-electron chi connectivity index (χ2n) is 6.61. The van der Waals surface area contributed by atoms with Crippen LogP contribution >= 0.6 is 0 Å². The van der Waals surface area contributed by atoms with Gasteiger partial charge in [-0.1, -0.05) is 48.5 Å². The molecule has 0 saturated heterocycles. The van der Waals surface area contributed by atoms with Gasteiger partial charge in [-0.05, 0) is 32.4 Å². The standard InChI is InChI=1S/C22H24N2O4/c1-4-27-17-13-9-8-12-16(17)20-18(21(25)28-14(2)3)19(23-22(26)24-20)15-10-6-5-7-11-15/h5-14,20H,4H2,1-3H3,(H2,23,24,26). The number of carbonyl (C=O) groups excluding carboxylic acids is 2. The Balaban J connectivity index is 2.19. The normalized spacial score (nSPS) is 16.4. The molecule has 2 aromatic rings. The van der Waals surface area contributed by atoms with Crippen LogP contribution in [0.5, 0.6) is 5.75 Å². The summed E-state index contributed by atoms with van der Waals surface area (Å²) in [5, 5.41) is 5.62. The number of nitrogens with one attached hydrogen (secondary N) is 2. The molecule has 2 N–H and O–H groups in total. The Morgan fingerprint density at radius 3 is 2.43 bits per heavy atom. The maximum absolute atomic E-state index is 13.0. The van der Waals surface area contributed by atoms with Crippen LogP contribution in [0.3, 0.4) is 0 Å². The van der Waals surface area contributed by atoms with Crippen molar-refractivity contribution < 1.29 is 19.1 Å². The zero-order valence-corrected chi connectivity index (χ0v) is 16.2. The predicted molar refractivity (Wildman–Crippen MR) is 107 cm³/mol. The second kappa shape index (κ2) is 8.61. The lowest BCUT2D eigenvalue weighted by molar-refractivity contribution is -0.143. The summed E-state index contributed by atoms with van der Waals surface area (Å²) in [6, 6.07) is 15.5. The van der Waals surface area contributed by atoms with Crippen LogP contribution in [0.1, 0.15) is 37.9 Å². The summed E-state index contributed by atoms with van der Waals surface area (Å²) in [5.41, 5.74) is 2.20. The van der Waals surface area contributed by atoms with Crippen LogP contribution in [-0.4, -0.2) is 24.7 Å². The van der Waals surface area contributed by atoms with Crippen molar-refractivity contribution in [3.8, 4) is 5.75 Å². The molecule has 0 aromatic heterocycles. The van der Waals surface area contributed by atoms with Crippen molar-refractivity contribution in [1.82, 2.24) is 10.6 Å². The number of carbonyl (C=O) groups is 2. The highest BCUT2D eigenvalue weighted by Gasteiger charge is 2.36. The number of benzene rings is 2. The molecule has 3 rings (SSSR count). The third kappa shape index (κ3) is 4.17. The molecule has 2 aromatic carbocycles. The third-order valence-corrected chi connectivity index (χ3v) is 4.23. The maximum Gasteiger partial charge on any atom is 0.338 e. The second-order valence-corrected chi connectivity index (χ2v) is 6.61. The Labute approximate surface area is 164 Å². The molecular weight excluding hydrogens is 356 g/mol. The van der Waals surface area contributed by atoms with E-state index < -0.39 is 18.0 Å². The van der Waals surface area contributed by atoms with E-state index in [4.69, 9.17) is 9.47 Å². The van der Waals surface area contributed by atoms with E-state index in [9.17, 15) is 9.59 Å². The molecule has 1 aliphatic rings. The lowest BCUT2D eigenvalue weighted by Crippen LogP contribution is -2.45. The number of hydrogen-bond acceptors (Lipinski definition) is 4. The molecule has 146 valence electrons. The Bertz CT molecular complexity index is 890. The highest BCUT2D eigenvalue weighted by molar-refractivity contribution is 6.04. The Morgan fingerprint density at radius 2 is 1.75 bits per heavy atom. The van der Waals surface area contributed by atoms with Gasteiger partial charge in [-0.2, -0.15) is 0 Å². The van der Waals surface area contributed by atoms with Crippen molar-refractivity contribution in [2.24, 2.45) is 0 Å². The van der Waals surface area contributed by atoms with Crippen molar-refractivity contribution in [3.05, 3.63) is 71.3 Å². The van der Waals surface area contributed by atoms with Gasteiger partial charge in [-0.25, -0.2) is 9.59 Å². The summed E-state index contributed by atoms with van der Waals surface area (Å²) >= 11 is 0. The SMILES string of the molecule is CCOc1ccccc1C1NC(=O)NC(c2ccccc2)=C1C(=O)OC(C)C. The summed E-state index contributed by atoms with van der Waals surface area (Å²) in [4.78, 5) is 25.5. The number of ether oxygens (including phenoxy) is 2.